The van der Waals surface area contributed by atoms with E-state index in [2.05, 4.69) is 200 Å². The molecule has 3 aromatic rings. The molecule has 0 aromatic heterocycles. The van der Waals surface area contributed by atoms with Gasteiger partial charge in [0.1, 0.15) is 0 Å². The van der Waals surface area contributed by atoms with Crippen molar-refractivity contribution < 1.29 is 55.3 Å². The number of quaternary nitrogens is 6. The quantitative estimate of drug-likeness (QED) is 0.0319. The van der Waals surface area contributed by atoms with Crippen LogP contribution in [-0.4, -0.2) is 233 Å². The molecule has 0 saturated heterocycles. The average Bonchev–Trinajstić information content (AvgIpc) is 3.31. The van der Waals surface area contributed by atoms with E-state index in [1.807, 2.05) is 0 Å². The summed E-state index contributed by atoms with van der Waals surface area (Å²) < 4.78 is 46.2. The average molecular weight is 1230 g/mol. The van der Waals surface area contributed by atoms with Gasteiger partial charge in [-0.15, -0.1) is 0 Å². The second kappa shape index (κ2) is 41.2. The zero-order valence-corrected chi connectivity index (χ0v) is 60.5. The fourth-order valence-corrected chi connectivity index (χ4v) is 10.5. The van der Waals surface area contributed by atoms with E-state index < -0.39 is 0 Å². The summed E-state index contributed by atoms with van der Waals surface area (Å²) in [7, 11) is 40.9. The lowest BCUT2D eigenvalue weighted by atomic mass is 10.1. The first kappa shape index (κ1) is 77.9. The standard InChI is InChI=1S/C76H138N6O6/c1-77(2,3)51-31-19-25-37-57-83-71-63-69(64-72(84-58-38-26-20-32-52-78(4,5)6)75(71)87-61-41-29-23-35-55-81(13,14)15)49-47-67-43-45-68(46-44-67)48-50-70-65-73(85-59-39-27-21-33-53-79(7,8)9)76(88-62-42-30-24-36-56-82(16,17)18)74(66-70)86-60-40-28-22-34-54-80(10,11)12/h43-50,63-66H,19-42,51-62H2,1-18H3/q+6/b49-47+,50-48+. The van der Waals surface area contributed by atoms with Gasteiger partial charge in [-0.2, -0.15) is 0 Å². The third kappa shape index (κ3) is 41.2. The van der Waals surface area contributed by atoms with Crippen molar-refractivity contribution in [2.45, 2.75) is 154 Å². The van der Waals surface area contributed by atoms with Crippen molar-refractivity contribution in [3.8, 4) is 34.5 Å². The third-order valence-corrected chi connectivity index (χ3v) is 15.8. The summed E-state index contributed by atoms with van der Waals surface area (Å²) in [5, 5.41) is 0. The highest BCUT2D eigenvalue weighted by Crippen LogP contribution is 2.42. The minimum absolute atomic E-state index is 0.639. The molecule has 0 atom stereocenters. The summed E-state index contributed by atoms with van der Waals surface area (Å²) in [6.45, 7) is 11.0. The zero-order valence-electron chi connectivity index (χ0n) is 60.5. The first-order valence-electron chi connectivity index (χ1n) is 34.9. The van der Waals surface area contributed by atoms with E-state index in [0.29, 0.717) is 39.6 Å². The van der Waals surface area contributed by atoms with Crippen LogP contribution in [0.3, 0.4) is 0 Å². The van der Waals surface area contributed by atoms with Crippen LogP contribution < -0.4 is 28.4 Å². The maximum absolute atomic E-state index is 6.70. The van der Waals surface area contributed by atoms with E-state index >= 15 is 0 Å². The van der Waals surface area contributed by atoms with Gasteiger partial charge in [0.2, 0.25) is 11.5 Å². The van der Waals surface area contributed by atoms with Gasteiger partial charge in [-0.25, -0.2) is 0 Å². The molecule has 0 aliphatic carbocycles. The molecule has 502 valence electrons. The monoisotopic (exact) mass is 1230 g/mol. The molecule has 0 heterocycles. The van der Waals surface area contributed by atoms with Crippen molar-refractivity contribution in [1.82, 2.24) is 0 Å². The van der Waals surface area contributed by atoms with Crippen molar-refractivity contribution in [3.05, 3.63) is 70.8 Å². The summed E-state index contributed by atoms with van der Waals surface area (Å²) in [4.78, 5) is 0. The van der Waals surface area contributed by atoms with Crippen molar-refractivity contribution in [2.24, 2.45) is 0 Å². The predicted molar refractivity (Wildman–Crippen MR) is 378 cm³/mol. The molecule has 0 N–H and O–H groups in total. The summed E-state index contributed by atoms with van der Waals surface area (Å²) >= 11 is 0. The second-order valence-electron chi connectivity index (χ2n) is 31.7. The van der Waals surface area contributed by atoms with E-state index in [-0.39, 0.29) is 0 Å². The number of rotatable bonds is 52. The molecule has 12 heteroatoms. The highest BCUT2D eigenvalue weighted by molar-refractivity contribution is 5.75. The lowest BCUT2D eigenvalue weighted by Crippen LogP contribution is -2.35. The normalized spacial score (nSPS) is 12.8. The largest absolute Gasteiger partial charge is 0.490 e. The van der Waals surface area contributed by atoms with Crippen LogP contribution in [0.15, 0.2) is 48.5 Å². The molecule has 0 amide bonds. The molecular weight excluding hydrogens is 1090 g/mol. The SMILES string of the molecule is C[N+](C)(C)CCCCCCOc1cc(/C=C/c2ccc(/C=C/c3cc(OCCCCCC[N+](C)(C)C)c(OCCCCCC[N+](C)(C)C)c(OCCCCCC[N+](C)(C)C)c3)cc2)cc(OCCCCCC[N+](C)(C)C)c1OCCCCCC[N+](C)(C)C. The Labute approximate surface area is 542 Å². The maximum atomic E-state index is 6.70. The molecule has 0 spiro atoms. The van der Waals surface area contributed by atoms with Crippen molar-refractivity contribution >= 4 is 24.3 Å². The number of nitrogens with zero attached hydrogens (tertiary/aromatic N) is 6. The zero-order chi connectivity index (χ0) is 65.0. The smallest absolute Gasteiger partial charge is 0.203 e. The minimum atomic E-state index is 0.639. The Balaban J connectivity index is 1.93. The summed E-state index contributed by atoms with van der Waals surface area (Å²) in [6, 6.07) is 17.4. The molecule has 0 saturated carbocycles. The lowest BCUT2D eigenvalue weighted by Gasteiger charge is -2.23. The van der Waals surface area contributed by atoms with Crippen molar-refractivity contribution in [3.63, 3.8) is 0 Å². The van der Waals surface area contributed by atoms with Crippen LogP contribution in [0.2, 0.25) is 0 Å². The molecule has 0 radical (unpaired) electrons. The molecule has 0 bridgehead atoms. The molecule has 88 heavy (non-hydrogen) atoms. The Morgan fingerprint density at radius 2 is 0.386 bits per heavy atom. The van der Waals surface area contributed by atoms with Gasteiger partial charge in [-0.3, -0.25) is 0 Å². The third-order valence-electron chi connectivity index (χ3n) is 15.8. The van der Waals surface area contributed by atoms with E-state index in [0.717, 1.165) is 161 Å². The van der Waals surface area contributed by atoms with Gasteiger partial charge in [0.25, 0.3) is 0 Å². The van der Waals surface area contributed by atoms with E-state index in [9.17, 15) is 0 Å². The van der Waals surface area contributed by atoms with Gasteiger partial charge in [0.05, 0.1) is 206 Å². The van der Waals surface area contributed by atoms with Crippen molar-refractivity contribution in [2.75, 3.05) is 206 Å². The molecule has 3 rings (SSSR count). The topological polar surface area (TPSA) is 55.4 Å². The van der Waals surface area contributed by atoms with Gasteiger partial charge < -0.3 is 55.3 Å². The highest BCUT2D eigenvalue weighted by atomic mass is 16.5. The molecule has 0 aliphatic heterocycles. The van der Waals surface area contributed by atoms with Crippen LogP contribution in [-0.2, 0) is 0 Å². The van der Waals surface area contributed by atoms with Gasteiger partial charge in [-0.05, 0) is 201 Å². The van der Waals surface area contributed by atoms with Gasteiger partial charge in [0, 0.05) is 0 Å². The Kier molecular flexibility index (Phi) is 36.5. The van der Waals surface area contributed by atoms with Crippen LogP contribution in [0.5, 0.6) is 34.5 Å². The van der Waals surface area contributed by atoms with E-state index in [1.165, 1.54) is 116 Å². The van der Waals surface area contributed by atoms with Crippen molar-refractivity contribution in [1.29, 1.82) is 0 Å². The van der Waals surface area contributed by atoms with E-state index in [4.69, 9.17) is 28.4 Å². The van der Waals surface area contributed by atoms with Crippen LogP contribution in [0.1, 0.15) is 176 Å². The molecular formula is C76H138N6O6+6. The summed E-state index contributed by atoms with van der Waals surface area (Å²) in [5.41, 5.74) is 4.30. The number of hydrogen-bond acceptors (Lipinski definition) is 6. The molecule has 0 unspecified atom stereocenters. The number of hydrogen-bond donors (Lipinski definition) is 0. The Hall–Kier alpha value is -4.30. The van der Waals surface area contributed by atoms with Gasteiger partial charge in [0.15, 0.2) is 23.0 Å². The highest BCUT2D eigenvalue weighted by Gasteiger charge is 2.19. The van der Waals surface area contributed by atoms with Crippen LogP contribution >= 0.6 is 0 Å². The first-order chi connectivity index (χ1) is 41.4. The second-order valence-corrected chi connectivity index (χ2v) is 31.7. The van der Waals surface area contributed by atoms with Gasteiger partial charge in [-0.1, -0.05) is 48.6 Å². The number of ether oxygens (including phenoxy) is 6. The number of unbranched alkanes of at least 4 members (excludes halogenated alkanes) is 18. The van der Waals surface area contributed by atoms with E-state index in [1.54, 1.807) is 0 Å². The minimum Gasteiger partial charge on any atom is -0.490 e. The molecule has 0 fully saturated rings. The maximum Gasteiger partial charge on any atom is 0.203 e. The number of benzene rings is 3. The van der Waals surface area contributed by atoms with Gasteiger partial charge >= 0.3 is 0 Å². The predicted octanol–water partition coefficient (Wildman–Crippen LogP) is 15.9. The summed E-state index contributed by atoms with van der Waals surface area (Å²) in [6.07, 6.45) is 36.2. The van der Waals surface area contributed by atoms with Crippen LogP contribution in [0.4, 0.5) is 0 Å². The molecule has 3 aromatic carbocycles. The fourth-order valence-electron chi connectivity index (χ4n) is 10.5. The summed E-state index contributed by atoms with van der Waals surface area (Å²) in [5.74, 6) is 4.59. The Morgan fingerprint density at radius 1 is 0.216 bits per heavy atom. The first-order valence-corrected chi connectivity index (χ1v) is 34.9. The Bertz CT molecular complexity index is 2100. The molecule has 0 aliphatic rings. The lowest BCUT2D eigenvalue weighted by molar-refractivity contribution is -0.870. The fraction of sp³-hybridized carbons (Fsp3) is 0.711. The Morgan fingerprint density at radius 3 is 0.580 bits per heavy atom. The molecule has 12 nitrogen and oxygen atoms in total. The van der Waals surface area contributed by atoms with Crippen LogP contribution in [0, 0.1) is 0 Å². The van der Waals surface area contributed by atoms with Crippen LogP contribution in [0.25, 0.3) is 24.3 Å².